The summed E-state index contributed by atoms with van der Waals surface area (Å²) in [7, 11) is -3.04. The minimum atomic E-state index is -4.59. The maximum absolute atomic E-state index is 12.7. The van der Waals surface area contributed by atoms with Crippen LogP contribution in [0.2, 0.25) is 0 Å². The van der Waals surface area contributed by atoms with Crippen LogP contribution in [-0.2, 0) is 14.0 Å². The van der Waals surface area contributed by atoms with Crippen molar-refractivity contribution in [2.75, 3.05) is 25.1 Å². The first kappa shape index (κ1) is 29.6. The Bertz CT molecular complexity index is 1070. The fourth-order valence-electron chi connectivity index (χ4n) is 2.96. The van der Waals surface area contributed by atoms with E-state index in [2.05, 4.69) is 31.9 Å². The number of rotatable bonds is 9. The zero-order valence-corrected chi connectivity index (χ0v) is 24.4. The van der Waals surface area contributed by atoms with Crippen LogP contribution >= 0.6 is 39.5 Å². The van der Waals surface area contributed by atoms with Crippen molar-refractivity contribution in [3.63, 3.8) is 0 Å². The molecule has 0 heterocycles. The van der Waals surface area contributed by atoms with Crippen LogP contribution < -0.4 is 14.4 Å². The highest BCUT2D eigenvalue weighted by Crippen LogP contribution is 2.44. The SMILES string of the molecule is COCOc1ccc(Oc2c(Br)cc(N(CP(=O)(O)O)C(=O)OC(C)(C)C)cc2Br)cc1C(C)C. The highest BCUT2D eigenvalue weighted by molar-refractivity contribution is 9.11. The molecular weight excluding hydrogens is 609 g/mol. The molecule has 0 saturated carbocycles. The van der Waals surface area contributed by atoms with Gasteiger partial charge in [0.2, 0.25) is 0 Å². The number of anilines is 1. The van der Waals surface area contributed by atoms with E-state index in [0.717, 1.165) is 10.5 Å². The van der Waals surface area contributed by atoms with Crippen LogP contribution in [0.3, 0.4) is 0 Å². The monoisotopic (exact) mass is 637 g/mol. The summed E-state index contributed by atoms with van der Waals surface area (Å²) >= 11 is 6.88. The Kier molecular flexibility index (Phi) is 10.2. The number of ether oxygens (including phenoxy) is 4. The zero-order chi connectivity index (χ0) is 26.6. The number of hydrogen-bond acceptors (Lipinski definition) is 6. The topological polar surface area (TPSA) is 115 Å². The average molecular weight is 639 g/mol. The van der Waals surface area contributed by atoms with Crippen molar-refractivity contribution in [3.05, 3.63) is 44.8 Å². The minimum absolute atomic E-state index is 0.126. The number of amides is 1. The van der Waals surface area contributed by atoms with E-state index in [-0.39, 0.29) is 18.4 Å². The normalized spacial score (nSPS) is 12.0. The van der Waals surface area contributed by atoms with Gasteiger partial charge in [-0.1, -0.05) is 13.8 Å². The van der Waals surface area contributed by atoms with Crippen molar-refractivity contribution in [2.24, 2.45) is 0 Å². The van der Waals surface area contributed by atoms with Crippen LogP contribution in [0.15, 0.2) is 39.3 Å². The zero-order valence-electron chi connectivity index (χ0n) is 20.4. The Morgan fingerprint density at radius 1 is 1.11 bits per heavy atom. The maximum atomic E-state index is 12.7. The first-order chi connectivity index (χ1) is 16.1. The Morgan fingerprint density at radius 3 is 2.20 bits per heavy atom. The van der Waals surface area contributed by atoms with Crippen LogP contribution in [0.5, 0.6) is 17.2 Å². The summed E-state index contributed by atoms with van der Waals surface area (Å²) in [4.78, 5) is 32.7. The Hall–Kier alpha value is -1.62. The number of carbonyl (C=O) groups excluding carboxylic acids is 1. The summed E-state index contributed by atoms with van der Waals surface area (Å²) in [6.07, 6.45) is -1.73. The molecule has 0 aliphatic heterocycles. The molecule has 0 fully saturated rings. The van der Waals surface area contributed by atoms with E-state index >= 15 is 0 Å². The quantitative estimate of drug-likeness (QED) is 0.223. The molecule has 0 atom stereocenters. The van der Waals surface area contributed by atoms with Crippen LogP contribution in [0, 0.1) is 0 Å². The largest absolute Gasteiger partial charge is 0.467 e. The lowest BCUT2D eigenvalue weighted by molar-refractivity contribution is 0.0502. The number of carbonyl (C=O) groups is 1. The third-order valence-electron chi connectivity index (χ3n) is 4.39. The van der Waals surface area contributed by atoms with Gasteiger partial charge < -0.3 is 28.7 Å². The van der Waals surface area contributed by atoms with Gasteiger partial charge in [0, 0.05) is 12.7 Å². The maximum Gasteiger partial charge on any atom is 0.415 e. The van der Waals surface area contributed by atoms with Crippen LogP contribution in [0.25, 0.3) is 0 Å². The van der Waals surface area contributed by atoms with Gasteiger partial charge in [-0.2, -0.15) is 0 Å². The third kappa shape index (κ3) is 9.08. The van der Waals surface area contributed by atoms with Crippen LogP contribution in [-0.4, -0.2) is 41.7 Å². The van der Waals surface area contributed by atoms with Gasteiger partial charge in [-0.15, -0.1) is 0 Å². The highest BCUT2D eigenvalue weighted by atomic mass is 79.9. The van der Waals surface area contributed by atoms with E-state index in [4.69, 9.17) is 18.9 Å². The average Bonchev–Trinajstić information content (AvgIpc) is 2.71. The first-order valence-corrected chi connectivity index (χ1v) is 14.0. The van der Waals surface area contributed by atoms with Gasteiger partial charge in [0.25, 0.3) is 0 Å². The Labute approximate surface area is 222 Å². The summed E-state index contributed by atoms with van der Waals surface area (Å²) in [5.74, 6) is 1.81. The van der Waals surface area contributed by atoms with Crippen molar-refractivity contribution >= 4 is 51.2 Å². The van der Waals surface area contributed by atoms with Crippen molar-refractivity contribution in [1.29, 1.82) is 0 Å². The van der Waals surface area contributed by atoms with Gasteiger partial charge in [0.15, 0.2) is 12.5 Å². The summed E-state index contributed by atoms with van der Waals surface area (Å²) in [6.45, 7) is 9.19. The van der Waals surface area contributed by atoms with Crippen molar-refractivity contribution in [3.8, 4) is 17.2 Å². The number of benzene rings is 2. The Balaban J connectivity index is 2.41. The second-order valence-electron chi connectivity index (χ2n) is 8.96. The van der Waals surface area contributed by atoms with Gasteiger partial charge >= 0.3 is 13.7 Å². The van der Waals surface area contributed by atoms with Crippen LogP contribution in [0.1, 0.15) is 46.1 Å². The van der Waals surface area contributed by atoms with Gasteiger partial charge in [0.1, 0.15) is 23.4 Å². The van der Waals surface area contributed by atoms with E-state index < -0.39 is 25.6 Å². The third-order valence-corrected chi connectivity index (χ3v) is 6.22. The van der Waals surface area contributed by atoms with Crippen LogP contribution in [0.4, 0.5) is 10.5 Å². The molecule has 2 N–H and O–H groups in total. The molecule has 0 aromatic heterocycles. The standard InChI is InChI=1S/C23H30Br2NO8P/c1-14(2)17-11-16(7-8-20(17)32-13-31-6)33-21-18(24)9-15(10-19(21)25)26(12-35(28,29)30)22(27)34-23(3,4)5/h7-11,14H,12-13H2,1-6H3,(H2,28,29,30). The second kappa shape index (κ2) is 12.1. The fourth-order valence-corrected chi connectivity index (χ4v) is 4.93. The van der Waals surface area contributed by atoms with Gasteiger partial charge in [-0.05, 0) is 88.9 Å². The fraction of sp³-hybridized carbons (Fsp3) is 0.435. The summed E-state index contributed by atoms with van der Waals surface area (Å²) < 4.78 is 34.7. The molecule has 2 aromatic rings. The lowest BCUT2D eigenvalue weighted by Gasteiger charge is -2.28. The lowest BCUT2D eigenvalue weighted by atomic mass is 10.0. The van der Waals surface area contributed by atoms with Crippen molar-refractivity contribution in [1.82, 2.24) is 0 Å². The van der Waals surface area contributed by atoms with E-state index in [1.54, 1.807) is 40.0 Å². The molecule has 1 amide bonds. The molecule has 0 aliphatic rings. The molecule has 0 spiro atoms. The van der Waals surface area contributed by atoms with Crippen molar-refractivity contribution in [2.45, 2.75) is 46.1 Å². The molecule has 0 bridgehead atoms. The molecule has 2 aromatic carbocycles. The van der Waals surface area contributed by atoms with E-state index in [1.807, 2.05) is 19.9 Å². The number of hydrogen-bond donors (Lipinski definition) is 2. The molecule has 194 valence electrons. The molecule has 12 heteroatoms. The lowest BCUT2D eigenvalue weighted by Crippen LogP contribution is -2.37. The smallest absolute Gasteiger partial charge is 0.415 e. The predicted molar refractivity (Wildman–Crippen MR) is 141 cm³/mol. The van der Waals surface area contributed by atoms with Gasteiger partial charge in [-0.25, -0.2) is 4.79 Å². The van der Waals surface area contributed by atoms with Crippen molar-refractivity contribution < 1.29 is 38.1 Å². The molecule has 0 radical (unpaired) electrons. The molecule has 0 saturated heterocycles. The molecule has 2 rings (SSSR count). The Morgan fingerprint density at radius 2 is 1.71 bits per heavy atom. The molecule has 35 heavy (non-hydrogen) atoms. The first-order valence-electron chi connectivity index (χ1n) is 10.6. The molecule has 0 unspecified atom stereocenters. The molecular formula is C23H30Br2NO8P. The van der Waals surface area contributed by atoms with E-state index in [1.165, 1.54) is 12.1 Å². The molecule has 0 aliphatic carbocycles. The number of halogens is 2. The summed E-state index contributed by atoms with van der Waals surface area (Å²) in [6, 6.07) is 8.47. The minimum Gasteiger partial charge on any atom is -0.467 e. The number of methoxy groups -OCH3 is 1. The van der Waals surface area contributed by atoms with Gasteiger partial charge in [-0.3, -0.25) is 9.46 Å². The predicted octanol–water partition coefficient (Wildman–Crippen LogP) is 6.99. The highest BCUT2D eigenvalue weighted by Gasteiger charge is 2.30. The second-order valence-corrected chi connectivity index (χ2v) is 12.3. The summed E-state index contributed by atoms with van der Waals surface area (Å²) in [5, 5.41) is 0. The van der Waals surface area contributed by atoms with Gasteiger partial charge in [0.05, 0.1) is 14.6 Å². The molecule has 9 nitrogen and oxygen atoms in total. The van der Waals surface area contributed by atoms with E-state index in [0.29, 0.717) is 26.2 Å². The summed E-state index contributed by atoms with van der Waals surface area (Å²) in [5.41, 5.74) is 0.288. The number of nitrogens with zero attached hydrogens (tertiary/aromatic N) is 1. The van der Waals surface area contributed by atoms with E-state index in [9.17, 15) is 19.1 Å².